The normalized spacial score (nSPS) is 14.3. The maximum Gasteiger partial charge on any atom is 0.440 e. The summed E-state index contributed by atoms with van der Waals surface area (Å²) in [6.07, 6.45) is 0. The fraction of sp³-hybridized carbons (Fsp3) is 0.284. The van der Waals surface area contributed by atoms with Crippen LogP contribution in [0, 0.1) is 54.9 Å². The standard InChI is InChI=1S/C29H26ClF2N4O2P.C29H25ClF2N4O2.C15H13ClN3O2P.C14H17F2NO2.CH4.I3.I2.HI/c1-29(2,32)25(20-12-23(31)14-24(13-20)33-3)21-15-35(16-21)26(17-7-9-22(30)10-8-17)18-5-4-6-19(11-18)27-34-36(39)28(37)38-27;1-29(2,32)25(20-12-23(31)14-24(13-20)33-3)21-15-36(16-21)26(17-7-9-22(30)10-8-17)18-5-4-6-19(11-18)27-34-35-28(37)38-27;16-12-6-4-9(5-7-12)13(17)10-2-1-3-11(8-10)14-18-19(22)15(20)21-14;1-14(2,16)13(10(7-18)8-19)9-4-11(15)6-12(5-9)17-3;;1-3-2;1-2;/h4-14,21,25-26H,15-16,39H2,1-2H3;4-14,21,25-26H,15-16H2,1-2H3,(H,35,37);1-8,13H,17,22H2;4-6,10,13,18-19H,7-8H2,1-2H3;1H4;;;1H/q;;;;;-1;;/t2*25-,26+;2*13-;;;;/m1101..../s1. The number of nitrogens with two attached hydrogens (primary N) is 1. The van der Waals surface area contributed by atoms with Crippen LogP contribution in [0.25, 0.3) is 48.9 Å². The van der Waals surface area contributed by atoms with Crippen LogP contribution >= 0.6 is 152 Å². The zero-order valence-electron chi connectivity index (χ0n) is 66.7. The van der Waals surface area contributed by atoms with Gasteiger partial charge in [0.05, 0.1) is 37.8 Å². The average Bonchev–Trinajstić information content (AvgIpc) is 1.14. The Morgan fingerprint density at radius 1 is 0.504 bits per heavy atom. The van der Waals surface area contributed by atoms with Crippen LogP contribution in [0.2, 0.25) is 15.1 Å². The number of aliphatic hydroxyl groups excluding tert-OH is 2. The van der Waals surface area contributed by atoms with Gasteiger partial charge in [0.1, 0.15) is 34.5 Å². The molecular weight excluding hydrogens is 2400 g/mol. The number of hydrogen-bond acceptors (Lipinski definition) is 14. The molecule has 0 spiro atoms. The topological polar surface area (TPSA) is 241 Å². The van der Waals surface area contributed by atoms with E-state index in [2.05, 4.69) is 138 Å². The van der Waals surface area contributed by atoms with E-state index in [1.54, 1.807) is 30.3 Å². The number of halogens is 15. The first-order chi connectivity index (χ1) is 58.4. The van der Waals surface area contributed by atoms with Crippen molar-refractivity contribution in [1.29, 1.82) is 0 Å². The van der Waals surface area contributed by atoms with E-state index in [1.807, 2.05) is 127 Å². The molecule has 0 bridgehead atoms. The van der Waals surface area contributed by atoms with Crippen LogP contribution in [0.3, 0.4) is 0 Å². The minimum absolute atomic E-state index is 0. The summed E-state index contributed by atoms with van der Waals surface area (Å²) in [5, 5.41) is 34.7. The van der Waals surface area contributed by atoms with Gasteiger partial charge in [0.15, 0.2) is 17.1 Å². The minimum atomic E-state index is -1.76. The first kappa shape index (κ1) is 106. The number of alkyl halides is 3. The van der Waals surface area contributed by atoms with Gasteiger partial charge in [-0.15, -0.1) is 39.3 Å². The van der Waals surface area contributed by atoms with E-state index in [-0.39, 0.29) is 102 Å². The molecule has 3 aromatic heterocycles. The van der Waals surface area contributed by atoms with Gasteiger partial charge in [-0.2, -0.15) is 8.90 Å². The summed E-state index contributed by atoms with van der Waals surface area (Å²) in [5.74, 6) is -5.85. The summed E-state index contributed by atoms with van der Waals surface area (Å²) >= 11 is 27.8. The Hall–Kier alpha value is -6.24. The first-order valence-electron chi connectivity index (χ1n) is 37.4. The molecule has 20 nitrogen and oxygen atoms in total. The third-order valence-corrected chi connectivity index (χ3v) is 21.9. The quantitative estimate of drug-likeness (QED) is 0.0214. The number of aliphatic hydroxyl groups is 2. The van der Waals surface area contributed by atoms with Gasteiger partial charge in [0, 0.05) is 132 Å². The number of likely N-dealkylation sites (tertiary alicyclic amines) is 2. The van der Waals surface area contributed by atoms with Gasteiger partial charge in [0.25, 0.3) is 0 Å². The zero-order valence-corrected chi connectivity index (χ0v) is 84.4. The molecule has 0 aliphatic carbocycles. The second kappa shape index (κ2) is 48.6. The fourth-order valence-electron chi connectivity index (χ4n) is 15.5. The minimum Gasteiger partial charge on any atom is -0.396 e. The molecule has 662 valence electrons. The largest absolute Gasteiger partial charge is 0.440 e. The molecule has 2 aliphatic heterocycles. The second-order valence-electron chi connectivity index (χ2n) is 30.3. The molecule has 2 unspecified atom stereocenters. The SMILES string of the molecule is C.I.II.I[I-]I.N[C@@H](c1ccc(Cl)cc1)c1cccc(-c2nn(P)c(=O)o2)c1.[C-]#[N+]c1cc(F)cc([C@H](C(CO)CO)C(C)(C)F)c1.[C-]#[N+]c1cc(F)cc([C@H](C2CN([C@@H](c3ccc(Cl)cc3)c3cccc(-c4n[nH]c(=O)o4)c3)C2)C(C)(C)F)c1.[C-]#[N+]c1cc(F)cc([C@H](C2CN([C@@H](c3ccc(Cl)cc3)c3cccc(-c4nn(P)c(=O)o4)c3)C2)C(C)(C)F)c1. The van der Waals surface area contributed by atoms with Crippen molar-refractivity contribution in [2.75, 3.05) is 39.4 Å². The van der Waals surface area contributed by atoms with Gasteiger partial charge in [-0.1, -0.05) is 133 Å². The monoisotopic (exact) mass is 2480 g/mol. The van der Waals surface area contributed by atoms with Crippen LogP contribution in [0.1, 0.15) is 135 Å². The molecular formula is C88H86Cl3F6I6N12O8P2-. The Kier molecular flexibility index (Phi) is 41.1. The molecule has 5 heterocycles. The van der Waals surface area contributed by atoms with Gasteiger partial charge >= 0.3 is 67.8 Å². The number of aromatic nitrogens is 6. The van der Waals surface area contributed by atoms with E-state index in [9.17, 15) is 42.2 Å². The summed E-state index contributed by atoms with van der Waals surface area (Å²) in [4.78, 5) is 49.0. The van der Waals surface area contributed by atoms with Gasteiger partial charge < -0.3 is 29.2 Å². The molecule has 2 fully saturated rings. The number of nitrogens with zero attached hydrogens (tertiary/aromatic N) is 10. The van der Waals surface area contributed by atoms with E-state index in [4.69, 9.17) is 73.5 Å². The van der Waals surface area contributed by atoms with Crippen molar-refractivity contribution in [3.63, 3.8) is 0 Å². The maximum atomic E-state index is 15.6. The molecule has 2 aliphatic rings. The van der Waals surface area contributed by atoms with Crippen molar-refractivity contribution in [2.24, 2.45) is 23.5 Å². The number of hydrogen-bond donors (Lipinski definition) is 4. The Labute approximate surface area is 809 Å². The summed E-state index contributed by atoms with van der Waals surface area (Å²) in [5.41, 5.74) is 10.6. The van der Waals surface area contributed by atoms with Crippen molar-refractivity contribution in [2.45, 2.75) is 102 Å². The molecule has 125 heavy (non-hydrogen) atoms. The first-order valence-corrected chi connectivity index (χ1v) is 58.4. The number of rotatable bonds is 22. The third kappa shape index (κ3) is 28.6. The van der Waals surface area contributed by atoms with Gasteiger partial charge in [0.2, 0.25) is 17.7 Å². The fourth-order valence-corrected chi connectivity index (χ4v) is 16.2. The summed E-state index contributed by atoms with van der Waals surface area (Å²) in [6.45, 7) is 31.5. The van der Waals surface area contributed by atoms with Crippen LogP contribution in [-0.4, -0.2) is 106 Å². The van der Waals surface area contributed by atoms with Gasteiger partial charge in [-0.3, -0.25) is 9.80 Å². The molecule has 14 rings (SSSR count). The second-order valence-corrected chi connectivity index (χ2v) is 48.8. The van der Waals surface area contributed by atoms with Crippen molar-refractivity contribution < 1.29 is 63.1 Å². The van der Waals surface area contributed by atoms with E-state index < -0.39 is 88.6 Å². The molecule has 5 N–H and O–H groups in total. The number of benzene rings is 9. The van der Waals surface area contributed by atoms with Crippen molar-refractivity contribution in [1.82, 2.24) is 39.1 Å². The van der Waals surface area contributed by atoms with Gasteiger partial charge in [-0.25, -0.2) is 60.4 Å². The van der Waals surface area contributed by atoms with Crippen LogP contribution in [0.15, 0.2) is 228 Å². The molecule has 8 atom stereocenters. The molecule has 2 saturated heterocycles. The Morgan fingerprint density at radius 2 is 0.832 bits per heavy atom. The van der Waals surface area contributed by atoms with E-state index >= 15 is 8.78 Å². The van der Waals surface area contributed by atoms with E-state index in [0.717, 1.165) is 66.6 Å². The number of nitrogens with one attached hydrogen (secondary N) is 1. The third-order valence-electron chi connectivity index (χ3n) is 20.5. The van der Waals surface area contributed by atoms with Gasteiger partial charge in [-0.05, 0) is 231 Å². The average molecular weight is 2480 g/mol. The number of H-pyrrole nitrogens is 1. The smallest absolute Gasteiger partial charge is 0.396 e. The van der Waals surface area contributed by atoms with E-state index in [0.29, 0.717) is 82.3 Å². The van der Waals surface area contributed by atoms with Crippen molar-refractivity contribution >= 4 is 169 Å². The van der Waals surface area contributed by atoms with Crippen LogP contribution in [-0.2, 0) is 0 Å². The van der Waals surface area contributed by atoms with Crippen LogP contribution in [0.4, 0.5) is 43.4 Å². The van der Waals surface area contributed by atoms with Crippen LogP contribution in [0.5, 0.6) is 0 Å². The molecule has 9 aromatic carbocycles. The maximum absolute atomic E-state index is 15.6. The summed E-state index contributed by atoms with van der Waals surface area (Å²) < 4.78 is 105. The molecule has 0 saturated carbocycles. The van der Waals surface area contributed by atoms with E-state index in [1.165, 1.54) is 59.7 Å². The Balaban J connectivity index is 0.000000232. The molecule has 12 aromatic rings. The predicted molar refractivity (Wildman–Crippen MR) is 527 cm³/mol. The predicted octanol–water partition coefficient (Wildman–Crippen LogP) is 21.4. The Morgan fingerprint density at radius 3 is 1.14 bits per heavy atom. The molecule has 0 radical (unpaired) electrons. The van der Waals surface area contributed by atoms with Crippen molar-refractivity contribution in [3.05, 3.63) is 349 Å². The van der Waals surface area contributed by atoms with Crippen molar-refractivity contribution in [3.8, 4) is 34.4 Å². The summed E-state index contributed by atoms with van der Waals surface area (Å²) in [6, 6.07) is 56.1. The summed E-state index contributed by atoms with van der Waals surface area (Å²) in [7, 11) is 4.37. The molecule has 0 amide bonds. The molecule has 37 heteroatoms. The number of aromatic amines is 1. The van der Waals surface area contributed by atoms with Crippen LogP contribution < -0.4 is 36.3 Å². The zero-order chi connectivity index (χ0) is 89.9. The Bertz CT molecular complexity index is 5890.